The molecule has 0 aliphatic rings. The second-order valence-electron chi connectivity index (χ2n) is 6.55. The minimum atomic E-state index is -0.634. The third-order valence-electron chi connectivity index (χ3n) is 3.95. The van der Waals surface area contributed by atoms with Crippen LogP contribution in [-0.4, -0.2) is 15.9 Å². The van der Waals surface area contributed by atoms with Crippen LogP contribution in [0.3, 0.4) is 0 Å². The van der Waals surface area contributed by atoms with Crippen molar-refractivity contribution in [2.24, 2.45) is 11.7 Å². The Morgan fingerprint density at radius 3 is 2.60 bits per heavy atom. The first-order valence-corrected chi connectivity index (χ1v) is 9.19. The molecule has 3 aromatic rings. The molecule has 3 rings (SSSR count). The number of benzene rings is 1. The number of hydrogen-bond donors (Lipinski definition) is 2. The zero-order valence-corrected chi connectivity index (χ0v) is 15.4. The molecular weight excluding hydrogens is 332 g/mol. The van der Waals surface area contributed by atoms with Gasteiger partial charge in [-0.2, -0.15) is 0 Å². The molecule has 1 aromatic carbocycles. The normalized spacial score (nSPS) is 12.5. The Morgan fingerprint density at radius 1 is 1.24 bits per heavy atom. The van der Waals surface area contributed by atoms with Gasteiger partial charge in [-0.3, -0.25) is 4.79 Å². The summed E-state index contributed by atoms with van der Waals surface area (Å²) in [4.78, 5) is 22.1. The summed E-state index contributed by atoms with van der Waals surface area (Å²) in [6, 6.07) is 8.83. The third-order valence-corrected chi connectivity index (χ3v) is 4.87. The highest BCUT2D eigenvalue weighted by Gasteiger charge is 2.21. The molecule has 0 aliphatic heterocycles. The van der Waals surface area contributed by atoms with Crippen LogP contribution in [0.1, 0.15) is 36.8 Å². The molecule has 1 unspecified atom stereocenters. The number of carbonyl (C=O) groups is 1. The molecular formula is C19H22N4OS. The molecule has 0 saturated heterocycles. The molecule has 25 heavy (non-hydrogen) atoms. The molecule has 0 aliphatic carbocycles. The average molecular weight is 354 g/mol. The molecule has 6 heteroatoms. The lowest BCUT2D eigenvalue weighted by Gasteiger charge is -2.18. The highest BCUT2D eigenvalue weighted by molar-refractivity contribution is 7.17. The Hall–Kier alpha value is -2.47. The molecule has 0 spiro atoms. The fourth-order valence-corrected chi connectivity index (χ4v) is 3.90. The second kappa shape index (κ2) is 7.19. The number of anilines is 1. The lowest BCUT2D eigenvalue weighted by atomic mass is 10.0. The maximum Gasteiger partial charge on any atom is 0.244 e. The van der Waals surface area contributed by atoms with E-state index in [1.807, 2.05) is 37.3 Å². The summed E-state index contributed by atoms with van der Waals surface area (Å²) in [7, 11) is 0. The van der Waals surface area contributed by atoms with E-state index in [0.717, 1.165) is 22.2 Å². The van der Waals surface area contributed by atoms with Crippen molar-refractivity contribution in [3.8, 4) is 0 Å². The van der Waals surface area contributed by atoms with Crippen molar-refractivity contribution in [1.29, 1.82) is 0 Å². The van der Waals surface area contributed by atoms with Crippen molar-refractivity contribution in [1.82, 2.24) is 9.97 Å². The predicted molar refractivity (Wildman–Crippen MR) is 103 cm³/mol. The van der Waals surface area contributed by atoms with Crippen molar-refractivity contribution >= 4 is 33.3 Å². The van der Waals surface area contributed by atoms with Crippen LogP contribution < -0.4 is 11.1 Å². The summed E-state index contributed by atoms with van der Waals surface area (Å²) >= 11 is 1.61. The number of rotatable bonds is 6. The van der Waals surface area contributed by atoms with Crippen LogP contribution in [0.2, 0.25) is 0 Å². The van der Waals surface area contributed by atoms with Crippen molar-refractivity contribution < 1.29 is 4.79 Å². The monoisotopic (exact) mass is 354 g/mol. The lowest BCUT2D eigenvalue weighted by Crippen LogP contribution is -2.28. The Morgan fingerprint density at radius 2 is 1.96 bits per heavy atom. The number of fused-ring (bicyclic) bond motifs is 1. The van der Waals surface area contributed by atoms with Gasteiger partial charge in [-0.25, -0.2) is 9.97 Å². The largest absolute Gasteiger partial charge is 0.368 e. The average Bonchev–Trinajstić information content (AvgIpc) is 2.95. The predicted octanol–water partition coefficient (Wildman–Crippen LogP) is 3.84. The summed E-state index contributed by atoms with van der Waals surface area (Å²) < 4.78 is 0. The minimum absolute atomic E-state index is 0.434. The van der Waals surface area contributed by atoms with Crippen molar-refractivity contribution in [2.75, 3.05) is 5.32 Å². The quantitative estimate of drug-likeness (QED) is 0.705. The van der Waals surface area contributed by atoms with Gasteiger partial charge in [-0.05, 0) is 35.8 Å². The van der Waals surface area contributed by atoms with E-state index in [2.05, 4.69) is 34.5 Å². The molecule has 130 valence electrons. The minimum Gasteiger partial charge on any atom is -0.368 e. The highest BCUT2D eigenvalue weighted by atomic mass is 32.1. The van der Waals surface area contributed by atoms with Crippen molar-refractivity contribution in [3.63, 3.8) is 0 Å². The van der Waals surface area contributed by atoms with Crippen molar-refractivity contribution in [3.05, 3.63) is 52.7 Å². The SMILES string of the molecule is Cc1nc(NC(C(N)=O)c2ccccc2)c2c(CC(C)C)csc2n1. The molecule has 1 amide bonds. The van der Waals surface area contributed by atoms with Crippen LogP contribution in [0.4, 0.5) is 5.82 Å². The number of thiophene rings is 1. The fourth-order valence-electron chi connectivity index (χ4n) is 2.90. The Labute approximate surface area is 151 Å². The lowest BCUT2D eigenvalue weighted by molar-refractivity contribution is -0.118. The maximum absolute atomic E-state index is 12.0. The van der Waals surface area contributed by atoms with Gasteiger partial charge in [0.15, 0.2) is 0 Å². The summed E-state index contributed by atoms with van der Waals surface area (Å²) in [6.07, 6.45) is 0.938. The molecule has 0 saturated carbocycles. The van der Waals surface area contributed by atoms with Crippen molar-refractivity contribution in [2.45, 2.75) is 33.2 Å². The van der Waals surface area contributed by atoms with Gasteiger partial charge in [0.05, 0.1) is 5.39 Å². The third kappa shape index (κ3) is 3.79. The van der Waals surface area contributed by atoms with E-state index in [4.69, 9.17) is 5.73 Å². The van der Waals surface area contributed by atoms with Gasteiger partial charge in [0.2, 0.25) is 5.91 Å². The van der Waals surface area contributed by atoms with E-state index >= 15 is 0 Å². The van der Waals surface area contributed by atoms with Gasteiger partial charge in [-0.15, -0.1) is 11.3 Å². The number of nitrogens with two attached hydrogens (primary N) is 1. The van der Waals surface area contributed by atoms with Crippen LogP contribution in [0, 0.1) is 12.8 Å². The van der Waals surface area contributed by atoms with Crippen LogP contribution in [0.25, 0.3) is 10.2 Å². The van der Waals surface area contributed by atoms with E-state index in [9.17, 15) is 4.79 Å². The molecule has 0 radical (unpaired) electrons. The van der Waals surface area contributed by atoms with Gasteiger partial charge >= 0.3 is 0 Å². The van der Waals surface area contributed by atoms with Crippen LogP contribution in [0.15, 0.2) is 35.7 Å². The van der Waals surface area contributed by atoms with E-state index in [-0.39, 0.29) is 0 Å². The smallest absolute Gasteiger partial charge is 0.244 e. The molecule has 3 N–H and O–H groups in total. The van der Waals surface area contributed by atoms with Gasteiger partial charge in [0.1, 0.15) is 22.5 Å². The number of nitrogens with zero attached hydrogens (tertiary/aromatic N) is 2. The van der Waals surface area contributed by atoms with E-state index in [1.165, 1.54) is 5.56 Å². The number of aromatic nitrogens is 2. The highest BCUT2D eigenvalue weighted by Crippen LogP contribution is 2.33. The van der Waals surface area contributed by atoms with Gasteiger partial charge in [0, 0.05) is 0 Å². The molecule has 2 heterocycles. The maximum atomic E-state index is 12.0. The number of primary amides is 1. The van der Waals surface area contributed by atoms with Gasteiger partial charge < -0.3 is 11.1 Å². The Balaban J connectivity index is 2.07. The number of hydrogen-bond acceptors (Lipinski definition) is 5. The zero-order valence-electron chi connectivity index (χ0n) is 14.6. The number of carbonyl (C=O) groups excluding carboxylic acids is 1. The molecule has 0 fully saturated rings. The van der Waals surface area contributed by atoms with E-state index in [0.29, 0.717) is 17.6 Å². The van der Waals surface area contributed by atoms with Crippen LogP contribution >= 0.6 is 11.3 Å². The summed E-state index contributed by atoms with van der Waals surface area (Å²) in [6.45, 7) is 6.22. The summed E-state index contributed by atoms with van der Waals surface area (Å²) in [5.74, 6) is 1.43. The molecule has 2 aromatic heterocycles. The fraction of sp³-hybridized carbons (Fsp3) is 0.316. The van der Waals surface area contributed by atoms with E-state index < -0.39 is 11.9 Å². The van der Waals surface area contributed by atoms with Crippen LogP contribution in [0.5, 0.6) is 0 Å². The molecule has 5 nitrogen and oxygen atoms in total. The van der Waals surface area contributed by atoms with Gasteiger partial charge in [-0.1, -0.05) is 44.2 Å². The first kappa shape index (κ1) is 17.4. The number of amides is 1. The Bertz CT molecular complexity index is 889. The first-order valence-electron chi connectivity index (χ1n) is 8.31. The topological polar surface area (TPSA) is 80.9 Å². The van der Waals surface area contributed by atoms with Crippen LogP contribution in [-0.2, 0) is 11.2 Å². The van der Waals surface area contributed by atoms with Gasteiger partial charge in [0.25, 0.3) is 0 Å². The molecule has 1 atom stereocenters. The standard InChI is InChI=1S/C19H22N4OS/c1-11(2)9-14-10-25-19-15(14)18(21-12(3)22-19)23-16(17(20)24)13-7-5-4-6-8-13/h4-8,10-11,16H,9H2,1-3H3,(H2,20,24)(H,21,22,23). The Kier molecular flexibility index (Phi) is 4.99. The first-order chi connectivity index (χ1) is 12.0. The second-order valence-corrected chi connectivity index (χ2v) is 7.41. The molecule has 0 bridgehead atoms. The summed E-state index contributed by atoms with van der Waals surface area (Å²) in [5, 5.41) is 6.38. The zero-order chi connectivity index (χ0) is 18.0. The van der Waals surface area contributed by atoms with E-state index in [1.54, 1.807) is 11.3 Å². The summed E-state index contributed by atoms with van der Waals surface area (Å²) in [5.41, 5.74) is 7.67. The number of nitrogens with one attached hydrogen (secondary N) is 1. The number of aryl methyl sites for hydroxylation is 1.